The van der Waals surface area contributed by atoms with Gasteiger partial charge in [0, 0.05) is 12.1 Å². The second-order valence-corrected chi connectivity index (χ2v) is 6.35. The van der Waals surface area contributed by atoms with Gasteiger partial charge in [0.2, 0.25) is 0 Å². The van der Waals surface area contributed by atoms with Gasteiger partial charge in [-0.3, -0.25) is 19.5 Å². The van der Waals surface area contributed by atoms with Crippen LogP contribution in [-0.2, 0) is 0 Å². The van der Waals surface area contributed by atoms with E-state index in [2.05, 4.69) is 16.4 Å². The number of fused-ring (bicyclic) bond motifs is 1. The number of benzene rings is 2. The van der Waals surface area contributed by atoms with Gasteiger partial charge in [0.25, 0.3) is 11.2 Å². The third-order valence-corrected chi connectivity index (χ3v) is 4.73. The van der Waals surface area contributed by atoms with E-state index in [0.717, 1.165) is 19.4 Å². The lowest BCUT2D eigenvalue weighted by molar-refractivity contribution is -0.384. The fraction of sp³-hybridized carbons (Fsp3) is 0.211. The molecule has 0 bridgehead atoms. The molecule has 0 amide bonds. The van der Waals surface area contributed by atoms with E-state index >= 15 is 0 Å². The van der Waals surface area contributed by atoms with E-state index in [1.807, 2.05) is 0 Å². The summed E-state index contributed by atoms with van der Waals surface area (Å²) in [6.07, 6.45) is 1.78. The Morgan fingerprint density at radius 1 is 1.30 bits per heavy atom. The van der Waals surface area contributed by atoms with Crippen LogP contribution in [0.2, 0.25) is 0 Å². The van der Waals surface area contributed by atoms with Crippen LogP contribution in [-0.4, -0.2) is 21.0 Å². The lowest BCUT2D eigenvalue weighted by atomic mass is 10.1. The van der Waals surface area contributed by atoms with Crippen molar-refractivity contribution < 1.29 is 4.92 Å². The molecule has 134 valence electrons. The lowest BCUT2D eigenvalue weighted by Gasteiger charge is -2.18. The molecular formula is C19H15N5O3. The highest BCUT2D eigenvalue weighted by atomic mass is 16.6. The average Bonchev–Trinajstić information content (AvgIpc) is 3.22. The third kappa shape index (κ3) is 2.84. The summed E-state index contributed by atoms with van der Waals surface area (Å²) in [4.78, 5) is 28.5. The summed E-state index contributed by atoms with van der Waals surface area (Å²) in [7, 11) is 0. The molecule has 1 saturated heterocycles. The molecule has 3 aromatic rings. The van der Waals surface area contributed by atoms with Crippen LogP contribution in [0.5, 0.6) is 0 Å². The summed E-state index contributed by atoms with van der Waals surface area (Å²) in [5, 5.41) is 24.1. The van der Waals surface area contributed by atoms with Crippen molar-refractivity contribution in [3.05, 3.63) is 74.3 Å². The van der Waals surface area contributed by atoms with Gasteiger partial charge in [0.1, 0.15) is 11.9 Å². The van der Waals surface area contributed by atoms with Crippen molar-refractivity contribution >= 4 is 16.6 Å². The maximum Gasteiger partial charge on any atom is 0.270 e. The van der Waals surface area contributed by atoms with Crippen LogP contribution in [0, 0.1) is 21.4 Å². The number of para-hydroxylation sites is 1. The predicted molar refractivity (Wildman–Crippen MR) is 98.7 cm³/mol. The van der Waals surface area contributed by atoms with Gasteiger partial charge >= 0.3 is 0 Å². The maximum atomic E-state index is 13.3. The molecule has 8 heteroatoms. The molecule has 2 aromatic carbocycles. The number of nitro benzene ring substituents is 1. The number of rotatable bonds is 3. The standard InChI is InChI=1S/C19H15N5O3/c20-11-12-4-1-2-6-17(12)23-18(16-5-3-9-21-16)22-15-8-7-13(24(26)27)10-14(15)19(23)25/h1-2,4,6-8,10,16,21H,3,5,9H2/t16-/m1/s1. The monoisotopic (exact) mass is 361 g/mol. The van der Waals surface area contributed by atoms with Crippen molar-refractivity contribution in [1.82, 2.24) is 14.9 Å². The Morgan fingerprint density at radius 2 is 2.11 bits per heavy atom. The van der Waals surface area contributed by atoms with Gasteiger partial charge in [-0.1, -0.05) is 12.1 Å². The molecule has 0 saturated carbocycles. The fourth-order valence-corrected chi connectivity index (χ4v) is 3.44. The van der Waals surface area contributed by atoms with Gasteiger partial charge in [-0.05, 0) is 37.6 Å². The first-order valence-corrected chi connectivity index (χ1v) is 8.54. The summed E-state index contributed by atoms with van der Waals surface area (Å²) >= 11 is 0. The van der Waals surface area contributed by atoms with E-state index in [0.29, 0.717) is 22.6 Å². The molecule has 0 aliphatic carbocycles. The van der Waals surface area contributed by atoms with E-state index in [4.69, 9.17) is 0 Å². The smallest absolute Gasteiger partial charge is 0.270 e. The minimum Gasteiger partial charge on any atom is -0.307 e. The number of hydrogen-bond acceptors (Lipinski definition) is 6. The number of aromatic nitrogens is 2. The zero-order chi connectivity index (χ0) is 19.0. The predicted octanol–water partition coefficient (Wildman–Crippen LogP) is 2.59. The molecule has 0 spiro atoms. The van der Waals surface area contributed by atoms with Crippen molar-refractivity contribution in [2.45, 2.75) is 18.9 Å². The highest BCUT2D eigenvalue weighted by Gasteiger charge is 2.25. The quantitative estimate of drug-likeness (QED) is 0.566. The third-order valence-electron chi connectivity index (χ3n) is 4.73. The minimum absolute atomic E-state index is 0.121. The summed E-state index contributed by atoms with van der Waals surface area (Å²) in [6, 6.07) is 12.8. The molecule has 2 heterocycles. The Kier molecular flexibility index (Phi) is 4.14. The van der Waals surface area contributed by atoms with Crippen LogP contribution in [0.15, 0.2) is 47.3 Å². The van der Waals surface area contributed by atoms with Gasteiger partial charge < -0.3 is 5.32 Å². The Bertz CT molecular complexity index is 1160. The molecule has 1 aliphatic rings. The minimum atomic E-state index is -0.543. The summed E-state index contributed by atoms with van der Waals surface area (Å²) < 4.78 is 1.41. The molecule has 0 unspecified atom stereocenters. The summed E-state index contributed by atoms with van der Waals surface area (Å²) in [5.41, 5.74) is 0.573. The van der Waals surface area contributed by atoms with Gasteiger partial charge in [0.15, 0.2) is 0 Å². The topological polar surface area (TPSA) is 114 Å². The highest BCUT2D eigenvalue weighted by Crippen LogP contribution is 2.26. The van der Waals surface area contributed by atoms with E-state index in [9.17, 15) is 20.2 Å². The number of nitrogens with one attached hydrogen (secondary N) is 1. The van der Waals surface area contributed by atoms with E-state index in [1.165, 1.54) is 22.8 Å². The van der Waals surface area contributed by atoms with Gasteiger partial charge in [-0.2, -0.15) is 5.26 Å². The molecule has 1 fully saturated rings. The number of non-ortho nitro benzene ring substituents is 1. The van der Waals surface area contributed by atoms with Crippen LogP contribution in [0.1, 0.15) is 30.3 Å². The Hall–Kier alpha value is -3.57. The molecule has 0 radical (unpaired) electrons. The average molecular weight is 361 g/mol. The molecule has 8 nitrogen and oxygen atoms in total. The van der Waals surface area contributed by atoms with Crippen LogP contribution in [0.25, 0.3) is 16.6 Å². The van der Waals surface area contributed by atoms with Crippen molar-refractivity contribution in [2.75, 3.05) is 6.54 Å². The summed E-state index contributed by atoms with van der Waals surface area (Å²) in [6.45, 7) is 0.818. The first-order valence-electron chi connectivity index (χ1n) is 8.54. The Balaban J connectivity index is 2.08. The van der Waals surface area contributed by atoms with Crippen molar-refractivity contribution in [3.63, 3.8) is 0 Å². The first kappa shape index (κ1) is 16.9. The first-order chi connectivity index (χ1) is 13.1. The van der Waals surface area contributed by atoms with Gasteiger partial charge in [-0.25, -0.2) is 4.98 Å². The maximum absolute atomic E-state index is 13.3. The zero-order valence-corrected chi connectivity index (χ0v) is 14.3. The number of hydrogen-bond donors (Lipinski definition) is 1. The lowest BCUT2D eigenvalue weighted by Crippen LogP contribution is -2.29. The van der Waals surface area contributed by atoms with Crippen LogP contribution in [0.4, 0.5) is 5.69 Å². The van der Waals surface area contributed by atoms with Crippen molar-refractivity contribution in [2.24, 2.45) is 0 Å². The second kappa shape index (κ2) is 6.63. The highest BCUT2D eigenvalue weighted by molar-refractivity contribution is 5.80. The van der Waals surface area contributed by atoms with Crippen molar-refractivity contribution in [1.29, 1.82) is 5.26 Å². The summed E-state index contributed by atoms with van der Waals surface area (Å²) in [5.74, 6) is 0.515. The van der Waals surface area contributed by atoms with Gasteiger partial charge in [0.05, 0.1) is 33.1 Å². The molecule has 1 atom stereocenters. The molecule has 1 aromatic heterocycles. The SMILES string of the molecule is N#Cc1ccccc1-n1c([C@H]2CCCN2)nc2ccc([N+](=O)[O-])cc2c1=O. The van der Waals surface area contributed by atoms with Crippen LogP contribution >= 0.6 is 0 Å². The number of nitrogens with zero attached hydrogens (tertiary/aromatic N) is 4. The number of nitro groups is 1. The van der Waals surface area contributed by atoms with Gasteiger partial charge in [-0.15, -0.1) is 0 Å². The Labute approximate surface area is 153 Å². The molecule has 1 N–H and O–H groups in total. The van der Waals surface area contributed by atoms with Crippen molar-refractivity contribution in [3.8, 4) is 11.8 Å². The molecular weight excluding hydrogens is 346 g/mol. The van der Waals surface area contributed by atoms with Crippen LogP contribution < -0.4 is 10.9 Å². The second-order valence-electron chi connectivity index (χ2n) is 6.35. The molecule has 27 heavy (non-hydrogen) atoms. The number of nitriles is 1. The Morgan fingerprint density at radius 3 is 2.81 bits per heavy atom. The largest absolute Gasteiger partial charge is 0.307 e. The van der Waals surface area contributed by atoms with Crippen LogP contribution in [0.3, 0.4) is 0 Å². The zero-order valence-electron chi connectivity index (χ0n) is 14.3. The van der Waals surface area contributed by atoms with E-state index in [1.54, 1.807) is 24.3 Å². The normalized spacial score (nSPS) is 16.3. The fourth-order valence-electron chi connectivity index (χ4n) is 3.44. The van der Waals surface area contributed by atoms with E-state index in [-0.39, 0.29) is 17.1 Å². The molecule has 4 rings (SSSR count). The molecule has 1 aliphatic heterocycles. The van der Waals surface area contributed by atoms with E-state index < -0.39 is 10.5 Å².